The number of benzene rings is 1. The Hall–Kier alpha value is -1.87. The van der Waals surface area contributed by atoms with E-state index >= 15 is 0 Å². The van der Waals surface area contributed by atoms with E-state index < -0.39 is 6.10 Å². The summed E-state index contributed by atoms with van der Waals surface area (Å²) in [6.07, 6.45) is 1.08. The smallest absolute Gasteiger partial charge is 0.122 e. The summed E-state index contributed by atoms with van der Waals surface area (Å²) in [5.41, 5.74) is 4.62. The van der Waals surface area contributed by atoms with Crippen LogP contribution in [0.25, 0.3) is 0 Å². The van der Waals surface area contributed by atoms with E-state index in [4.69, 9.17) is 4.74 Å². The first-order valence-electron chi connectivity index (χ1n) is 6.29. The van der Waals surface area contributed by atoms with Crippen molar-refractivity contribution in [2.24, 2.45) is 0 Å². The lowest BCUT2D eigenvalue weighted by Gasteiger charge is -2.18. The molecule has 0 radical (unpaired) electrons. The maximum atomic E-state index is 10.6. The quantitative estimate of drug-likeness (QED) is 0.918. The zero-order valence-corrected chi connectivity index (χ0v) is 11.8. The summed E-state index contributed by atoms with van der Waals surface area (Å²) in [7, 11) is 1.66. The van der Waals surface area contributed by atoms with E-state index in [9.17, 15) is 5.11 Å². The molecule has 19 heavy (non-hydrogen) atoms. The minimum Gasteiger partial charge on any atom is -0.496 e. The van der Waals surface area contributed by atoms with E-state index in [2.05, 4.69) is 4.98 Å². The third-order valence-corrected chi connectivity index (χ3v) is 3.42. The van der Waals surface area contributed by atoms with Crippen molar-refractivity contribution in [2.45, 2.75) is 26.9 Å². The summed E-state index contributed by atoms with van der Waals surface area (Å²) in [5.74, 6) is 0.844. The molecule has 0 aliphatic rings. The lowest BCUT2D eigenvalue weighted by atomic mass is 9.95. The standard InChI is InChI=1S/C16H19NO2/c1-10-9-15(19-4)11(2)8-14(10)16(18)13-6-5-7-17-12(13)3/h5-9,16,18H,1-4H3. The number of rotatable bonds is 3. The number of hydrogen-bond donors (Lipinski definition) is 1. The molecule has 100 valence electrons. The number of nitrogens with zero attached hydrogens (tertiary/aromatic N) is 1. The van der Waals surface area contributed by atoms with Crippen molar-refractivity contribution in [3.05, 3.63) is 58.4 Å². The molecule has 0 saturated heterocycles. The molecule has 0 aliphatic carbocycles. The zero-order chi connectivity index (χ0) is 14.0. The number of aryl methyl sites for hydroxylation is 3. The molecule has 1 N–H and O–H groups in total. The Labute approximate surface area is 113 Å². The largest absolute Gasteiger partial charge is 0.496 e. The van der Waals surface area contributed by atoms with Crippen molar-refractivity contribution in [1.29, 1.82) is 0 Å². The van der Waals surface area contributed by atoms with Crippen molar-refractivity contribution in [1.82, 2.24) is 4.98 Å². The van der Waals surface area contributed by atoms with Gasteiger partial charge in [0.05, 0.1) is 7.11 Å². The maximum Gasteiger partial charge on any atom is 0.122 e. The third kappa shape index (κ3) is 2.61. The van der Waals surface area contributed by atoms with Gasteiger partial charge < -0.3 is 9.84 Å². The normalized spacial score (nSPS) is 12.3. The molecule has 1 aromatic carbocycles. The highest BCUT2D eigenvalue weighted by atomic mass is 16.5. The Morgan fingerprint density at radius 3 is 2.47 bits per heavy atom. The van der Waals surface area contributed by atoms with Crippen LogP contribution in [-0.4, -0.2) is 17.2 Å². The highest BCUT2D eigenvalue weighted by molar-refractivity contribution is 5.45. The Balaban J connectivity index is 2.48. The molecule has 1 atom stereocenters. The van der Waals surface area contributed by atoms with Gasteiger partial charge in [0.1, 0.15) is 11.9 Å². The average molecular weight is 257 g/mol. The van der Waals surface area contributed by atoms with Crippen LogP contribution in [0.5, 0.6) is 5.75 Å². The number of aliphatic hydroxyl groups is 1. The van der Waals surface area contributed by atoms with Crippen molar-refractivity contribution in [2.75, 3.05) is 7.11 Å². The molecule has 0 spiro atoms. The number of pyridine rings is 1. The number of aliphatic hydroxyl groups excluding tert-OH is 1. The van der Waals surface area contributed by atoms with Gasteiger partial charge in [0.2, 0.25) is 0 Å². The van der Waals surface area contributed by atoms with Crippen LogP contribution in [0.2, 0.25) is 0 Å². The fraction of sp³-hybridized carbons (Fsp3) is 0.312. The van der Waals surface area contributed by atoms with Crippen LogP contribution < -0.4 is 4.74 Å². The van der Waals surface area contributed by atoms with Crippen molar-refractivity contribution in [3.63, 3.8) is 0 Å². The minimum atomic E-state index is -0.654. The molecule has 3 nitrogen and oxygen atoms in total. The molecule has 0 aliphatic heterocycles. The van der Waals surface area contributed by atoms with Gasteiger partial charge in [-0.1, -0.05) is 6.07 Å². The lowest BCUT2D eigenvalue weighted by molar-refractivity contribution is 0.218. The van der Waals surface area contributed by atoms with Gasteiger partial charge in [-0.15, -0.1) is 0 Å². The summed E-state index contributed by atoms with van der Waals surface area (Å²) < 4.78 is 5.30. The van der Waals surface area contributed by atoms with Gasteiger partial charge in [0.15, 0.2) is 0 Å². The molecule has 1 aromatic heterocycles. The molecule has 1 unspecified atom stereocenters. The van der Waals surface area contributed by atoms with Crippen molar-refractivity contribution < 1.29 is 9.84 Å². The third-order valence-electron chi connectivity index (χ3n) is 3.42. The van der Waals surface area contributed by atoms with Crippen LogP contribution in [0.3, 0.4) is 0 Å². The van der Waals surface area contributed by atoms with Crippen molar-refractivity contribution >= 4 is 0 Å². The van der Waals surface area contributed by atoms with Gasteiger partial charge in [-0.2, -0.15) is 0 Å². The second-order valence-corrected chi connectivity index (χ2v) is 4.76. The topological polar surface area (TPSA) is 42.4 Å². The number of ether oxygens (including phenoxy) is 1. The van der Waals surface area contributed by atoms with Gasteiger partial charge in [-0.25, -0.2) is 0 Å². The summed E-state index contributed by atoms with van der Waals surface area (Å²) in [5, 5.41) is 10.6. The average Bonchev–Trinajstić information content (AvgIpc) is 2.40. The molecule has 0 saturated carbocycles. The molecule has 0 fully saturated rings. The fourth-order valence-electron chi connectivity index (χ4n) is 2.28. The molecule has 1 heterocycles. The number of hydrogen-bond acceptors (Lipinski definition) is 3. The monoisotopic (exact) mass is 257 g/mol. The van der Waals surface area contributed by atoms with E-state index in [1.54, 1.807) is 13.3 Å². The van der Waals surface area contributed by atoms with E-state index in [-0.39, 0.29) is 0 Å². The molecule has 3 heteroatoms. The first kappa shape index (κ1) is 13.6. The van der Waals surface area contributed by atoms with E-state index in [0.717, 1.165) is 33.7 Å². The molecule has 2 aromatic rings. The Morgan fingerprint density at radius 2 is 1.84 bits per heavy atom. The van der Waals surface area contributed by atoms with Crippen LogP contribution in [0, 0.1) is 20.8 Å². The summed E-state index contributed by atoms with van der Waals surface area (Å²) in [6, 6.07) is 7.69. The molecular formula is C16H19NO2. The van der Waals surface area contributed by atoms with Crippen LogP contribution in [0.1, 0.15) is 34.1 Å². The summed E-state index contributed by atoms with van der Waals surface area (Å²) >= 11 is 0. The molecule has 0 amide bonds. The molecule has 0 bridgehead atoms. The van der Waals surface area contributed by atoms with Crippen LogP contribution >= 0.6 is 0 Å². The molecular weight excluding hydrogens is 238 g/mol. The number of aromatic nitrogens is 1. The van der Waals surface area contributed by atoms with Crippen LogP contribution in [0.4, 0.5) is 0 Å². The highest BCUT2D eigenvalue weighted by Crippen LogP contribution is 2.30. The Kier molecular flexibility index (Phi) is 3.86. The zero-order valence-electron chi connectivity index (χ0n) is 11.8. The van der Waals surface area contributed by atoms with Gasteiger partial charge in [0.25, 0.3) is 0 Å². The fourth-order valence-corrected chi connectivity index (χ4v) is 2.28. The van der Waals surface area contributed by atoms with Crippen LogP contribution in [0.15, 0.2) is 30.5 Å². The summed E-state index contributed by atoms with van der Waals surface area (Å²) in [6.45, 7) is 5.86. The van der Waals surface area contributed by atoms with Gasteiger partial charge >= 0.3 is 0 Å². The minimum absolute atomic E-state index is 0.654. The maximum absolute atomic E-state index is 10.6. The Morgan fingerprint density at radius 1 is 1.11 bits per heavy atom. The lowest BCUT2D eigenvalue weighted by Crippen LogP contribution is -2.06. The van der Waals surface area contributed by atoms with E-state index in [1.165, 1.54) is 0 Å². The highest BCUT2D eigenvalue weighted by Gasteiger charge is 2.17. The Bertz CT molecular complexity index is 593. The van der Waals surface area contributed by atoms with E-state index in [1.807, 2.05) is 45.0 Å². The molecule has 2 rings (SSSR count). The second-order valence-electron chi connectivity index (χ2n) is 4.76. The number of methoxy groups -OCH3 is 1. The van der Waals surface area contributed by atoms with Gasteiger partial charge in [-0.3, -0.25) is 4.98 Å². The predicted octanol–water partition coefficient (Wildman–Crippen LogP) is 3.10. The SMILES string of the molecule is COc1cc(C)c(C(O)c2cccnc2C)cc1C. The van der Waals surface area contributed by atoms with Crippen LogP contribution in [-0.2, 0) is 0 Å². The first-order chi connectivity index (χ1) is 9.04. The second kappa shape index (κ2) is 5.41. The van der Waals surface area contributed by atoms with Gasteiger partial charge in [0, 0.05) is 17.5 Å². The predicted molar refractivity (Wildman–Crippen MR) is 75.5 cm³/mol. The van der Waals surface area contributed by atoms with Crippen molar-refractivity contribution in [3.8, 4) is 5.75 Å². The summed E-state index contributed by atoms with van der Waals surface area (Å²) in [4.78, 5) is 4.23. The first-order valence-corrected chi connectivity index (χ1v) is 6.29. The van der Waals surface area contributed by atoms with Gasteiger partial charge in [-0.05, 0) is 55.7 Å². The van der Waals surface area contributed by atoms with E-state index in [0.29, 0.717) is 0 Å².